The quantitative estimate of drug-likeness (QED) is 0.390. The molecule has 0 radical (unpaired) electrons. The molecule has 0 unspecified atom stereocenters. The summed E-state index contributed by atoms with van der Waals surface area (Å²) in [6.45, 7) is 8.25. The van der Waals surface area contributed by atoms with Crippen molar-refractivity contribution < 1.29 is 17.9 Å². The molecule has 0 aromatic heterocycles. The molecule has 196 valence electrons. The highest BCUT2D eigenvalue weighted by Crippen LogP contribution is 2.42. The number of fused-ring (bicyclic) bond motifs is 1. The number of hydrogen-bond acceptors (Lipinski definition) is 4. The first-order chi connectivity index (χ1) is 17.6. The van der Waals surface area contributed by atoms with Crippen LogP contribution in [0, 0.1) is 13.8 Å². The summed E-state index contributed by atoms with van der Waals surface area (Å²) in [5, 5.41) is 3.21. The maximum atomic E-state index is 13.3. The van der Waals surface area contributed by atoms with Crippen LogP contribution in [0.3, 0.4) is 0 Å². The Morgan fingerprint density at radius 2 is 1.59 bits per heavy atom. The molecule has 0 saturated heterocycles. The fraction of sp³-hybridized carbons (Fsp3) is 0.367. The topological polar surface area (TPSA) is 75.7 Å². The molecule has 1 heterocycles. The summed E-state index contributed by atoms with van der Waals surface area (Å²) >= 11 is 0. The van der Waals surface area contributed by atoms with Crippen LogP contribution in [0.5, 0.6) is 5.75 Å². The number of hydrogen-bond donors (Lipinski definition) is 1. The third-order valence-corrected chi connectivity index (χ3v) is 8.53. The lowest BCUT2D eigenvalue weighted by Crippen LogP contribution is -2.44. The van der Waals surface area contributed by atoms with Gasteiger partial charge in [-0.25, -0.2) is 8.42 Å². The summed E-state index contributed by atoms with van der Waals surface area (Å²) in [7, 11) is -3.51. The second-order valence-corrected chi connectivity index (χ2v) is 11.9. The van der Waals surface area contributed by atoms with E-state index < -0.39 is 10.0 Å². The Bertz CT molecular complexity index is 1360. The SMILES string of the molecule is CCC1(CC)C[C@H](NC(=O)c2ccc(CN(c3c(C)cccc3C)S(C)(=O)=O)cc2)c2ccccc2O1. The average molecular weight is 521 g/mol. The van der Waals surface area contributed by atoms with Gasteiger partial charge in [0, 0.05) is 17.5 Å². The van der Waals surface area contributed by atoms with E-state index in [1.165, 1.54) is 10.6 Å². The number of aryl methyl sites for hydroxylation is 2. The van der Waals surface area contributed by atoms with Gasteiger partial charge in [-0.1, -0.05) is 62.4 Å². The first kappa shape index (κ1) is 26.7. The second-order valence-electron chi connectivity index (χ2n) is 9.97. The number of para-hydroxylation sites is 2. The fourth-order valence-corrected chi connectivity index (χ4v) is 6.16. The molecule has 0 bridgehead atoms. The minimum absolute atomic E-state index is 0.151. The van der Waals surface area contributed by atoms with Crippen LogP contribution in [-0.4, -0.2) is 26.2 Å². The van der Waals surface area contributed by atoms with Crippen LogP contribution in [0.4, 0.5) is 5.69 Å². The van der Waals surface area contributed by atoms with E-state index in [1.807, 2.05) is 68.4 Å². The minimum atomic E-state index is -3.51. The predicted octanol–water partition coefficient (Wildman–Crippen LogP) is 6.08. The van der Waals surface area contributed by atoms with Gasteiger partial charge in [0.25, 0.3) is 5.91 Å². The van der Waals surface area contributed by atoms with Crippen molar-refractivity contribution in [1.29, 1.82) is 0 Å². The number of carbonyl (C=O) groups is 1. The van der Waals surface area contributed by atoms with Gasteiger partial charge in [0.15, 0.2) is 0 Å². The Balaban J connectivity index is 1.54. The summed E-state index contributed by atoms with van der Waals surface area (Å²) < 4.78 is 33.2. The molecule has 0 saturated carbocycles. The highest BCUT2D eigenvalue weighted by atomic mass is 32.2. The number of ether oxygens (including phenoxy) is 1. The van der Waals surface area contributed by atoms with Gasteiger partial charge < -0.3 is 10.1 Å². The highest BCUT2D eigenvalue weighted by molar-refractivity contribution is 7.92. The number of rotatable bonds is 8. The second kappa shape index (κ2) is 10.6. The fourth-order valence-electron chi connectivity index (χ4n) is 5.16. The van der Waals surface area contributed by atoms with Crippen molar-refractivity contribution in [2.75, 3.05) is 10.6 Å². The summed E-state index contributed by atoms with van der Waals surface area (Å²) in [6, 6.07) is 20.6. The number of amides is 1. The van der Waals surface area contributed by atoms with Gasteiger partial charge in [-0.05, 0) is 61.6 Å². The maximum Gasteiger partial charge on any atom is 0.251 e. The van der Waals surface area contributed by atoms with E-state index in [0.29, 0.717) is 17.7 Å². The van der Waals surface area contributed by atoms with Crippen LogP contribution in [0.2, 0.25) is 0 Å². The lowest BCUT2D eigenvalue weighted by atomic mass is 9.83. The zero-order chi connectivity index (χ0) is 26.8. The summed E-state index contributed by atoms with van der Waals surface area (Å²) in [6.07, 6.45) is 3.64. The van der Waals surface area contributed by atoms with E-state index in [2.05, 4.69) is 19.2 Å². The van der Waals surface area contributed by atoms with E-state index in [0.717, 1.165) is 40.8 Å². The van der Waals surface area contributed by atoms with Crippen LogP contribution in [0.1, 0.15) is 71.8 Å². The Labute approximate surface area is 220 Å². The molecule has 1 amide bonds. The van der Waals surface area contributed by atoms with E-state index >= 15 is 0 Å². The van der Waals surface area contributed by atoms with Crippen molar-refractivity contribution in [1.82, 2.24) is 5.32 Å². The number of nitrogens with zero attached hydrogens (tertiary/aromatic N) is 1. The zero-order valence-electron chi connectivity index (χ0n) is 22.2. The summed E-state index contributed by atoms with van der Waals surface area (Å²) in [5.74, 6) is 0.662. The van der Waals surface area contributed by atoms with Crippen LogP contribution >= 0.6 is 0 Å². The molecule has 1 N–H and O–H groups in total. The van der Waals surface area contributed by atoms with Crippen molar-refractivity contribution in [3.8, 4) is 5.75 Å². The highest BCUT2D eigenvalue weighted by Gasteiger charge is 2.39. The smallest absolute Gasteiger partial charge is 0.251 e. The summed E-state index contributed by atoms with van der Waals surface area (Å²) in [5.41, 5.74) is 4.50. The lowest BCUT2D eigenvalue weighted by molar-refractivity contribution is 0.0227. The predicted molar refractivity (Wildman–Crippen MR) is 149 cm³/mol. The molecule has 0 spiro atoms. The molecule has 1 atom stereocenters. The first-order valence-electron chi connectivity index (χ1n) is 12.8. The van der Waals surface area contributed by atoms with E-state index in [-0.39, 0.29) is 24.1 Å². The van der Waals surface area contributed by atoms with Crippen molar-refractivity contribution in [2.45, 2.75) is 65.1 Å². The molecule has 1 aliphatic heterocycles. The van der Waals surface area contributed by atoms with Gasteiger partial charge in [0.05, 0.1) is 24.5 Å². The zero-order valence-corrected chi connectivity index (χ0v) is 23.1. The van der Waals surface area contributed by atoms with E-state index in [1.54, 1.807) is 12.1 Å². The summed E-state index contributed by atoms with van der Waals surface area (Å²) in [4.78, 5) is 13.3. The standard InChI is InChI=1S/C30H36N2O4S/c1-6-30(7-2)19-26(25-13-8-9-14-27(25)36-30)31-29(33)24-17-15-23(16-18-24)20-32(37(5,34)35)28-21(3)11-10-12-22(28)4/h8-18,26H,6-7,19-20H2,1-5H3,(H,31,33)/t26-/m0/s1. The number of nitrogens with one attached hydrogen (secondary N) is 1. The normalized spacial score (nSPS) is 16.4. The molecule has 3 aromatic rings. The van der Waals surface area contributed by atoms with Crippen LogP contribution < -0.4 is 14.4 Å². The molecular formula is C30H36N2O4S. The average Bonchev–Trinajstić information content (AvgIpc) is 2.87. The third-order valence-electron chi connectivity index (χ3n) is 7.42. The maximum absolute atomic E-state index is 13.3. The molecule has 0 aliphatic carbocycles. The minimum Gasteiger partial charge on any atom is -0.487 e. The molecule has 0 fully saturated rings. The third kappa shape index (κ3) is 5.67. The van der Waals surface area contributed by atoms with Gasteiger partial charge >= 0.3 is 0 Å². The van der Waals surface area contributed by atoms with Crippen LogP contribution in [-0.2, 0) is 16.6 Å². The van der Waals surface area contributed by atoms with Crippen LogP contribution in [0.15, 0.2) is 66.7 Å². The molecule has 7 heteroatoms. The number of carbonyl (C=O) groups excluding carboxylic acids is 1. The Morgan fingerprint density at radius 3 is 2.19 bits per heavy atom. The Kier molecular flexibility index (Phi) is 7.64. The molecule has 4 rings (SSSR count). The van der Waals surface area contributed by atoms with Crippen molar-refractivity contribution >= 4 is 21.6 Å². The van der Waals surface area contributed by atoms with Gasteiger partial charge in [-0.3, -0.25) is 9.10 Å². The monoisotopic (exact) mass is 520 g/mol. The van der Waals surface area contributed by atoms with Crippen molar-refractivity contribution in [3.05, 3.63) is 94.5 Å². The van der Waals surface area contributed by atoms with Gasteiger partial charge in [-0.2, -0.15) is 0 Å². The molecule has 1 aliphatic rings. The van der Waals surface area contributed by atoms with Crippen molar-refractivity contribution in [3.63, 3.8) is 0 Å². The molecule has 6 nitrogen and oxygen atoms in total. The molecule has 37 heavy (non-hydrogen) atoms. The van der Waals surface area contributed by atoms with Crippen LogP contribution in [0.25, 0.3) is 0 Å². The molecular weight excluding hydrogens is 484 g/mol. The number of anilines is 1. The number of sulfonamides is 1. The first-order valence-corrected chi connectivity index (χ1v) is 14.6. The Hall–Kier alpha value is -3.32. The van der Waals surface area contributed by atoms with Gasteiger partial charge in [0.2, 0.25) is 10.0 Å². The van der Waals surface area contributed by atoms with Gasteiger partial charge in [-0.15, -0.1) is 0 Å². The Morgan fingerprint density at radius 1 is 0.973 bits per heavy atom. The lowest BCUT2D eigenvalue weighted by Gasteiger charge is -2.41. The van der Waals surface area contributed by atoms with E-state index in [9.17, 15) is 13.2 Å². The van der Waals surface area contributed by atoms with Gasteiger partial charge in [0.1, 0.15) is 11.4 Å². The number of benzene rings is 3. The molecule has 3 aromatic carbocycles. The van der Waals surface area contributed by atoms with Crippen molar-refractivity contribution in [2.24, 2.45) is 0 Å². The van der Waals surface area contributed by atoms with E-state index in [4.69, 9.17) is 4.74 Å². The largest absolute Gasteiger partial charge is 0.487 e.